The van der Waals surface area contributed by atoms with Crippen LogP contribution in [0.5, 0.6) is 0 Å². The molecule has 2 heterocycles. The van der Waals surface area contributed by atoms with E-state index in [1.54, 1.807) is 13.0 Å². The summed E-state index contributed by atoms with van der Waals surface area (Å²) in [6, 6.07) is 4.44. The van der Waals surface area contributed by atoms with Gasteiger partial charge in [-0.2, -0.15) is 26.3 Å². The van der Waals surface area contributed by atoms with Gasteiger partial charge in [-0.3, -0.25) is 0 Å². The van der Waals surface area contributed by atoms with Crippen LogP contribution in [0.1, 0.15) is 16.8 Å². The Bertz CT molecular complexity index is 803. The van der Waals surface area contributed by atoms with Crippen LogP contribution >= 0.6 is 0 Å². The first-order chi connectivity index (χ1) is 12.6. The Morgan fingerprint density at radius 1 is 1.00 bits per heavy atom. The van der Waals surface area contributed by atoms with E-state index in [0.717, 1.165) is 0 Å². The van der Waals surface area contributed by atoms with Crippen LogP contribution in [-0.4, -0.2) is 30.5 Å². The van der Waals surface area contributed by atoms with Gasteiger partial charge in [-0.15, -0.1) is 0 Å². The molecule has 9 heteroatoms. The zero-order valence-electron chi connectivity index (χ0n) is 14.3. The number of benzene rings is 1. The van der Waals surface area contributed by atoms with Crippen molar-refractivity contribution in [1.29, 1.82) is 0 Å². The quantitative estimate of drug-likeness (QED) is 0.692. The highest BCUT2D eigenvalue weighted by molar-refractivity contribution is 5.67. The van der Waals surface area contributed by atoms with Crippen molar-refractivity contribution in [2.75, 3.05) is 19.8 Å². The van der Waals surface area contributed by atoms with Crippen LogP contribution in [0.4, 0.5) is 26.3 Å². The Morgan fingerprint density at radius 2 is 1.74 bits per heavy atom. The van der Waals surface area contributed by atoms with Crippen molar-refractivity contribution in [2.45, 2.75) is 31.9 Å². The summed E-state index contributed by atoms with van der Waals surface area (Å²) in [7, 11) is 0. The lowest BCUT2D eigenvalue weighted by Gasteiger charge is -2.25. The molecule has 1 unspecified atom stereocenters. The first-order valence-electron chi connectivity index (χ1n) is 8.21. The van der Waals surface area contributed by atoms with Gasteiger partial charge in [0, 0.05) is 17.0 Å². The molecule has 1 aliphatic rings. The molecule has 0 amide bonds. The van der Waals surface area contributed by atoms with E-state index in [-0.39, 0.29) is 24.9 Å². The van der Waals surface area contributed by atoms with Crippen LogP contribution in [0, 0.1) is 6.92 Å². The number of hydrogen-bond donors (Lipinski definition) is 0. The fourth-order valence-corrected chi connectivity index (χ4v) is 3.07. The normalized spacial score (nSPS) is 18.7. The van der Waals surface area contributed by atoms with Gasteiger partial charge in [0.05, 0.1) is 43.6 Å². The average Bonchev–Trinajstić information content (AvgIpc) is 2.94. The highest BCUT2D eigenvalue weighted by atomic mass is 19.4. The second-order valence-corrected chi connectivity index (χ2v) is 6.29. The average molecular weight is 393 g/mol. The molecule has 0 spiro atoms. The van der Waals surface area contributed by atoms with Crippen molar-refractivity contribution in [1.82, 2.24) is 4.57 Å². The van der Waals surface area contributed by atoms with Crippen molar-refractivity contribution < 1.29 is 35.8 Å². The van der Waals surface area contributed by atoms with Crippen LogP contribution in [0.25, 0.3) is 11.3 Å². The molecule has 1 saturated heterocycles. The minimum Gasteiger partial charge on any atom is -0.376 e. The Labute approximate surface area is 151 Å². The summed E-state index contributed by atoms with van der Waals surface area (Å²) >= 11 is 0. The molecule has 0 aliphatic carbocycles. The Hall–Kier alpha value is -2.00. The van der Waals surface area contributed by atoms with Gasteiger partial charge in [0.25, 0.3) is 0 Å². The summed E-state index contributed by atoms with van der Waals surface area (Å²) < 4.78 is 91.8. The molecule has 27 heavy (non-hydrogen) atoms. The third-order valence-corrected chi connectivity index (χ3v) is 4.40. The molecular weight excluding hydrogens is 376 g/mol. The van der Waals surface area contributed by atoms with Gasteiger partial charge in [-0.25, -0.2) is 0 Å². The molecular formula is C18H17F6NO2. The maximum Gasteiger partial charge on any atom is 0.417 e. The number of hydrogen-bond acceptors (Lipinski definition) is 2. The largest absolute Gasteiger partial charge is 0.417 e. The fourth-order valence-electron chi connectivity index (χ4n) is 3.07. The van der Waals surface area contributed by atoms with E-state index in [1.807, 2.05) is 0 Å². The molecule has 0 N–H and O–H groups in total. The highest BCUT2D eigenvalue weighted by Gasteiger charge is 2.38. The van der Waals surface area contributed by atoms with E-state index >= 15 is 0 Å². The van der Waals surface area contributed by atoms with Gasteiger partial charge in [-0.1, -0.05) is 0 Å². The van der Waals surface area contributed by atoms with E-state index < -0.39 is 29.0 Å². The monoisotopic (exact) mass is 393 g/mol. The smallest absolute Gasteiger partial charge is 0.376 e. The predicted molar refractivity (Wildman–Crippen MR) is 85.2 cm³/mol. The summed E-state index contributed by atoms with van der Waals surface area (Å²) in [4.78, 5) is 0. The lowest BCUT2D eigenvalue weighted by atomic mass is 10.00. The molecule has 2 aromatic rings. The number of ether oxygens (including phenoxy) is 2. The van der Waals surface area contributed by atoms with E-state index in [1.165, 1.54) is 10.6 Å². The van der Waals surface area contributed by atoms with Crippen molar-refractivity contribution in [2.24, 2.45) is 0 Å². The van der Waals surface area contributed by atoms with Crippen LogP contribution in [0.2, 0.25) is 0 Å². The van der Waals surface area contributed by atoms with E-state index in [9.17, 15) is 26.3 Å². The van der Waals surface area contributed by atoms with Gasteiger partial charge in [0.1, 0.15) is 0 Å². The van der Waals surface area contributed by atoms with Gasteiger partial charge in [-0.05, 0) is 37.3 Å². The molecule has 1 atom stereocenters. The van der Waals surface area contributed by atoms with Crippen molar-refractivity contribution >= 4 is 0 Å². The maximum atomic E-state index is 13.4. The number of halogens is 6. The minimum atomic E-state index is -4.78. The molecule has 1 fully saturated rings. The summed E-state index contributed by atoms with van der Waals surface area (Å²) in [6.07, 6.45) is -9.91. The number of aryl methyl sites for hydroxylation is 1. The number of aromatic nitrogens is 1. The Kier molecular flexibility index (Phi) is 5.27. The van der Waals surface area contributed by atoms with Gasteiger partial charge < -0.3 is 14.0 Å². The standard InChI is InChI=1S/C18H17F6NO2/c1-11-2-5-16(25(11)9-13-10-26-6-7-27-13)14-8-12(17(19,20)21)3-4-15(14)18(22,23)24/h2-5,8,13H,6-7,9-10H2,1H3. The molecule has 1 aliphatic heterocycles. The fraction of sp³-hybridized carbons (Fsp3) is 0.444. The van der Waals surface area contributed by atoms with Gasteiger partial charge in [0.2, 0.25) is 0 Å². The third kappa shape index (κ3) is 4.30. The minimum absolute atomic E-state index is 0.0556. The Balaban J connectivity index is 2.09. The summed E-state index contributed by atoms with van der Waals surface area (Å²) in [6.45, 7) is 2.92. The first-order valence-corrected chi connectivity index (χ1v) is 8.21. The molecule has 1 aromatic carbocycles. The zero-order chi connectivity index (χ0) is 19.8. The molecule has 3 nitrogen and oxygen atoms in total. The highest BCUT2D eigenvalue weighted by Crippen LogP contribution is 2.41. The number of alkyl halides is 6. The molecule has 0 bridgehead atoms. The number of nitrogens with zero attached hydrogens (tertiary/aromatic N) is 1. The van der Waals surface area contributed by atoms with E-state index in [0.29, 0.717) is 37.1 Å². The van der Waals surface area contributed by atoms with Crippen molar-refractivity contribution in [3.05, 3.63) is 47.2 Å². The number of rotatable bonds is 3. The first kappa shape index (κ1) is 19.8. The van der Waals surface area contributed by atoms with E-state index in [4.69, 9.17) is 9.47 Å². The van der Waals surface area contributed by atoms with Crippen LogP contribution in [-0.2, 0) is 28.4 Å². The molecule has 148 valence electrons. The summed E-state index contributed by atoms with van der Waals surface area (Å²) in [5, 5.41) is 0. The second-order valence-electron chi connectivity index (χ2n) is 6.29. The summed E-state index contributed by atoms with van der Waals surface area (Å²) in [5.41, 5.74) is -2.09. The molecule has 3 rings (SSSR count). The lowest BCUT2D eigenvalue weighted by molar-refractivity contribution is -0.141. The molecule has 0 saturated carbocycles. The SMILES string of the molecule is Cc1ccc(-c2cc(C(F)(F)F)ccc2C(F)(F)F)n1CC1COCCO1. The third-order valence-electron chi connectivity index (χ3n) is 4.40. The molecule has 0 radical (unpaired) electrons. The van der Waals surface area contributed by atoms with Crippen molar-refractivity contribution in [3.8, 4) is 11.3 Å². The predicted octanol–water partition coefficient (Wildman–Crippen LogP) is 4.92. The van der Waals surface area contributed by atoms with Gasteiger partial charge in [0.15, 0.2) is 0 Å². The van der Waals surface area contributed by atoms with Crippen LogP contribution in [0.3, 0.4) is 0 Å². The second kappa shape index (κ2) is 7.20. The Morgan fingerprint density at radius 3 is 2.33 bits per heavy atom. The lowest BCUT2D eigenvalue weighted by Crippen LogP contribution is -2.32. The summed E-state index contributed by atoms with van der Waals surface area (Å²) in [5.74, 6) is 0. The van der Waals surface area contributed by atoms with Crippen LogP contribution < -0.4 is 0 Å². The van der Waals surface area contributed by atoms with Crippen molar-refractivity contribution in [3.63, 3.8) is 0 Å². The van der Waals surface area contributed by atoms with Gasteiger partial charge >= 0.3 is 12.4 Å². The zero-order valence-corrected chi connectivity index (χ0v) is 14.3. The molecule has 1 aromatic heterocycles. The van der Waals surface area contributed by atoms with Crippen LogP contribution in [0.15, 0.2) is 30.3 Å². The van der Waals surface area contributed by atoms with E-state index in [2.05, 4.69) is 0 Å². The maximum absolute atomic E-state index is 13.4. The topological polar surface area (TPSA) is 23.4 Å².